The number of H-pyrrole nitrogens is 1. The number of nitrogens with zero attached hydrogens (tertiary/aromatic N) is 1. The summed E-state index contributed by atoms with van der Waals surface area (Å²) >= 11 is 0.842. The number of ether oxygens (including phenoxy) is 1. The third-order valence-corrected chi connectivity index (χ3v) is 5.05. The topological polar surface area (TPSA) is 67.0 Å². The third-order valence-electron chi connectivity index (χ3n) is 4.15. The Morgan fingerprint density at radius 3 is 2.79 bits per heavy atom. The minimum absolute atomic E-state index is 0.0984. The van der Waals surface area contributed by atoms with Gasteiger partial charge in [-0.2, -0.15) is 13.2 Å². The SMILES string of the molecule is COc1cccc2cc(CC(=O)Nc3nc[nH]c(C(F)(F)F)csc3C)ccc12. The van der Waals surface area contributed by atoms with Crippen LogP contribution in [0.2, 0.25) is 0 Å². The fourth-order valence-corrected chi connectivity index (χ4v) is 3.43. The van der Waals surface area contributed by atoms with Gasteiger partial charge >= 0.3 is 6.18 Å². The van der Waals surface area contributed by atoms with Gasteiger partial charge in [-0.25, -0.2) is 4.98 Å². The maximum Gasteiger partial charge on any atom is 0.432 e. The summed E-state index contributed by atoms with van der Waals surface area (Å²) in [5, 5.41) is 5.49. The number of nitrogens with one attached hydrogen (secondary N) is 2. The smallest absolute Gasteiger partial charge is 0.432 e. The lowest BCUT2D eigenvalue weighted by molar-refractivity contribution is -0.141. The number of aryl methyl sites for hydroxylation is 1. The number of rotatable bonds is 4. The number of aromatic amines is 1. The number of carbonyl (C=O) groups excluding carboxylic acids is 1. The Bertz CT molecular complexity index is 1090. The van der Waals surface area contributed by atoms with E-state index in [2.05, 4.69) is 15.3 Å². The Labute approximate surface area is 168 Å². The number of anilines is 1. The Hall–Kier alpha value is -3.07. The van der Waals surface area contributed by atoms with E-state index >= 15 is 0 Å². The molecule has 0 fully saturated rings. The van der Waals surface area contributed by atoms with E-state index in [1.807, 2.05) is 36.4 Å². The number of aromatic nitrogens is 2. The molecular formula is C20H18F3N3O2S. The molecule has 0 spiro atoms. The first kappa shape index (κ1) is 20.7. The standard InChI is InChI=1S/C20H18F3N3O2S/c1-12-19(25-11-24-17(10-29-12)20(21,22)23)26-18(27)9-13-6-7-15-14(8-13)4-3-5-16(15)28-2/h3-8,10-11H,9H2,1-2H3,(H,24,25)(H,26,27). The average molecular weight is 421 g/mol. The average Bonchev–Trinajstić information content (AvgIpc) is 2.66. The molecule has 29 heavy (non-hydrogen) atoms. The minimum atomic E-state index is -4.50. The number of hydrogen-bond donors (Lipinski definition) is 2. The zero-order chi connectivity index (χ0) is 21.0. The number of amides is 1. The van der Waals surface area contributed by atoms with Crippen LogP contribution in [0.5, 0.6) is 5.75 Å². The molecule has 1 amide bonds. The molecule has 0 saturated heterocycles. The molecule has 0 aliphatic carbocycles. The molecule has 5 nitrogen and oxygen atoms in total. The molecule has 3 aromatic rings. The Morgan fingerprint density at radius 1 is 1.28 bits per heavy atom. The van der Waals surface area contributed by atoms with E-state index < -0.39 is 11.9 Å². The molecule has 0 aliphatic heterocycles. The largest absolute Gasteiger partial charge is 0.496 e. The second-order valence-electron chi connectivity index (χ2n) is 6.20. The second kappa shape index (κ2) is 8.52. The lowest BCUT2D eigenvalue weighted by Gasteiger charge is -2.09. The Balaban J connectivity index is 1.78. The van der Waals surface area contributed by atoms with Crippen molar-refractivity contribution in [3.63, 3.8) is 0 Å². The van der Waals surface area contributed by atoms with E-state index in [1.165, 1.54) is 0 Å². The van der Waals surface area contributed by atoms with E-state index in [1.54, 1.807) is 14.0 Å². The summed E-state index contributed by atoms with van der Waals surface area (Å²) in [6.45, 7) is 1.59. The molecule has 0 bridgehead atoms. The van der Waals surface area contributed by atoms with E-state index in [0.717, 1.165) is 45.1 Å². The number of fused-ring (bicyclic) bond motifs is 1. The first-order chi connectivity index (χ1) is 13.8. The summed E-state index contributed by atoms with van der Waals surface area (Å²) < 4.78 is 43.7. The number of benzene rings is 2. The quantitative estimate of drug-likeness (QED) is 0.603. The van der Waals surface area contributed by atoms with E-state index in [-0.39, 0.29) is 18.1 Å². The number of halogens is 3. The molecule has 1 aromatic heterocycles. The summed E-state index contributed by atoms with van der Waals surface area (Å²) in [5.41, 5.74) is -0.121. The van der Waals surface area contributed by atoms with Crippen molar-refractivity contribution in [2.75, 3.05) is 12.4 Å². The Morgan fingerprint density at radius 2 is 2.07 bits per heavy atom. The van der Waals surface area contributed by atoms with Crippen LogP contribution in [0.1, 0.15) is 16.1 Å². The molecule has 2 N–H and O–H groups in total. The molecule has 0 aliphatic rings. The summed E-state index contributed by atoms with van der Waals surface area (Å²) in [6.07, 6.45) is -3.49. The zero-order valence-electron chi connectivity index (χ0n) is 15.6. The van der Waals surface area contributed by atoms with Crippen molar-refractivity contribution in [2.45, 2.75) is 19.5 Å². The minimum Gasteiger partial charge on any atom is -0.496 e. The van der Waals surface area contributed by atoms with Crippen LogP contribution in [0.15, 0.2) is 48.1 Å². The lowest BCUT2D eigenvalue weighted by Crippen LogP contribution is -2.16. The summed E-state index contributed by atoms with van der Waals surface area (Å²) in [5.74, 6) is 0.631. The van der Waals surface area contributed by atoms with Crippen LogP contribution in [0.3, 0.4) is 0 Å². The van der Waals surface area contributed by atoms with Crippen LogP contribution in [0.4, 0.5) is 19.0 Å². The fourth-order valence-electron chi connectivity index (χ4n) is 2.72. The van der Waals surface area contributed by atoms with Gasteiger partial charge in [0.2, 0.25) is 5.91 Å². The van der Waals surface area contributed by atoms with Gasteiger partial charge < -0.3 is 15.0 Å². The summed E-state index contributed by atoms with van der Waals surface area (Å²) in [7, 11) is 1.60. The fraction of sp³-hybridized carbons (Fsp3) is 0.200. The van der Waals surface area contributed by atoms with Gasteiger partial charge in [-0.05, 0) is 23.9 Å². The van der Waals surface area contributed by atoms with Crippen molar-refractivity contribution in [3.8, 4) is 5.75 Å². The number of methoxy groups -OCH3 is 1. The first-order valence-corrected chi connectivity index (χ1v) is 9.45. The molecule has 2 aromatic carbocycles. The number of alkyl halides is 3. The highest BCUT2D eigenvalue weighted by atomic mass is 32.1. The van der Waals surface area contributed by atoms with Crippen LogP contribution in [-0.4, -0.2) is 23.0 Å². The zero-order valence-corrected chi connectivity index (χ0v) is 16.4. The number of hydrogen-bond acceptors (Lipinski definition) is 4. The van der Waals surface area contributed by atoms with E-state index in [4.69, 9.17) is 4.74 Å². The third kappa shape index (κ3) is 5.05. The maximum absolute atomic E-state index is 12.8. The highest BCUT2D eigenvalue weighted by Crippen LogP contribution is 2.28. The summed E-state index contributed by atoms with van der Waals surface area (Å²) in [6, 6.07) is 11.3. The van der Waals surface area contributed by atoms with Crippen LogP contribution < -0.4 is 10.1 Å². The molecule has 3 rings (SSSR count). The molecule has 0 unspecified atom stereocenters. The van der Waals surface area contributed by atoms with Crippen molar-refractivity contribution in [3.05, 3.63) is 64.2 Å². The maximum atomic E-state index is 12.8. The predicted octanol–water partition coefficient (Wildman–Crippen LogP) is 5.27. The van der Waals surface area contributed by atoms with Gasteiger partial charge in [0.15, 0.2) is 0 Å². The van der Waals surface area contributed by atoms with Crippen LogP contribution in [0, 0.1) is 6.92 Å². The van der Waals surface area contributed by atoms with Gasteiger partial charge in [-0.3, -0.25) is 4.79 Å². The van der Waals surface area contributed by atoms with Crippen LogP contribution in [-0.2, 0) is 17.4 Å². The van der Waals surface area contributed by atoms with E-state index in [0.29, 0.717) is 4.88 Å². The van der Waals surface area contributed by atoms with Crippen molar-refractivity contribution >= 4 is 33.8 Å². The number of carbonyl (C=O) groups is 1. The predicted molar refractivity (Wildman–Crippen MR) is 107 cm³/mol. The molecule has 0 radical (unpaired) electrons. The van der Waals surface area contributed by atoms with Crippen LogP contribution >= 0.6 is 11.3 Å². The van der Waals surface area contributed by atoms with Crippen molar-refractivity contribution in [1.82, 2.24) is 9.97 Å². The highest BCUT2D eigenvalue weighted by molar-refractivity contribution is 7.09. The highest BCUT2D eigenvalue weighted by Gasteiger charge is 2.31. The Kier molecular flexibility index (Phi) is 6.07. The lowest BCUT2D eigenvalue weighted by atomic mass is 10.0. The molecule has 152 valence electrons. The normalized spacial score (nSPS) is 11.2. The van der Waals surface area contributed by atoms with Gasteiger partial charge in [0.1, 0.15) is 17.3 Å². The van der Waals surface area contributed by atoms with E-state index in [9.17, 15) is 18.0 Å². The molecule has 9 heteroatoms. The van der Waals surface area contributed by atoms with Crippen molar-refractivity contribution < 1.29 is 22.7 Å². The van der Waals surface area contributed by atoms with Gasteiger partial charge in [0.05, 0.1) is 19.9 Å². The molecule has 0 atom stereocenters. The van der Waals surface area contributed by atoms with Gasteiger partial charge in [-0.1, -0.05) is 30.3 Å². The van der Waals surface area contributed by atoms with Gasteiger partial charge in [-0.15, -0.1) is 11.3 Å². The molecule has 1 heterocycles. The van der Waals surface area contributed by atoms with Gasteiger partial charge in [0, 0.05) is 15.6 Å². The van der Waals surface area contributed by atoms with Gasteiger partial charge in [0.25, 0.3) is 0 Å². The summed E-state index contributed by atoms with van der Waals surface area (Å²) in [4.78, 5) is 18.9. The second-order valence-corrected chi connectivity index (χ2v) is 7.28. The van der Waals surface area contributed by atoms with Crippen LogP contribution in [0.25, 0.3) is 10.8 Å². The van der Waals surface area contributed by atoms with Crippen molar-refractivity contribution in [2.24, 2.45) is 0 Å². The monoisotopic (exact) mass is 421 g/mol. The molecule has 0 saturated carbocycles. The van der Waals surface area contributed by atoms with Crippen molar-refractivity contribution in [1.29, 1.82) is 0 Å². The molecular weight excluding hydrogens is 403 g/mol. The first-order valence-electron chi connectivity index (χ1n) is 8.57.